The van der Waals surface area contributed by atoms with Gasteiger partial charge in [-0.05, 0) is 56.8 Å². The van der Waals surface area contributed by atoms with Gasteiger partial charge in [0.1, 0.15) is 0 Å². The molecule has 1 aliphatic heterocycles. The summed E-state index contributed by atoms with van der Waals surface area (Å²) in [6, 6.07) is 0. The van der Waals surface area contributed by atoms with Gasteiger partial charge in [0, 0.05) is 6.54 Å². The second-order valence-corrected chi connectivity index (χ2v) is 7.53. The minimum Gasteiger partial charge on any atom is -0.325 e. The summed E-state index contributed by atoms with van der Waals surface area (Å²) in [7, 11) is 0. The van der Waals surface area contributed by atoms with E-state index in [-0.39, 0.29) is 11.7 Å². The van der Waals surface area contributed by atoms with Crippen molar-refractivity contribution in [2.24, 2.45) is 17.8 Å². The fraction of sp³-hybridized carbons (Fsp3) is 0.941. The Morgan fingerprint density at radius 2 is 2.10 bits per heavy atom. The van der Waals surface area contributed by atoms with Gasteiger partial charge in [0.25, 0.3) is 0 Å². The van der Waals surface area contributed by atoms with E-state index in [1.165, 1.54) is 25.7 Å². The molecule has 1 amide bonds. The van der Waals surface area contributed by atoms with Crippen LogP contribution in [0.25, 0.3) is 0 Å². The normalized spacial score (nSPS) is 43.8. The summed E-state index contributed by atoms with van der Waals surface area (Å²) in [5.41, 5.74) is -0.322. The Balaban J connectivity index is 1.70. The first-order valence-corrected chi connectivity index (χ1v) is 8.66. The Hall–Kier alpha value is -0.570. The van der Waals surface area contributed by atoms with E-state index in [0.717, 1.165) is 43.6 Å². The lowest BCUT2D eigenvalue weighted by Crippen LogP contribution is -2.43. The van der Waals surface area contributed by atoms with Crippen molar-refractivity contribution < 1.29 is 4.79 Å². The third kappa shape index (κ3) is 2.28. The molecule has 1 N–H and O–H groups in total. The van der Waals surface area contributed by atoms with Crippen LogP contribution in [-0.2, 0) is 4.79 Å². The van der Waals surface area contributed by atoms with Gasteiger partial charge in [-0.25, -0.2) is 0 Å². The molecule has 20 heavy (non-hydrogen) atoms. The maximum absolute atomic E-state index is 12.8. The molecule has 3 fully saturated rings. The second-order valence-electron chi connectivity index (χ2n) is 7.53. The van der Waals surface area contributed by atoms with Crippen LogP contribution < -0.4 is 5.32 Å². The summed E-state index contributed by atoms with van der Waals surface area (Å²) in [5.74, 6) is 3.00. The molecule has 0 radical (unpaired) electrons. The molecule has 3 heteroatoms. The van der Waals surface area contributed by atoms with E-state index in [1.807, 2.05) is 0 Å². The van der Waals surface area contributed by atoms with E-state index >= 15 is 0 Å². The largest absolute Gasteiger partial charge is 0.325 e. The fourth-order valence-electron chi connectivity index (χ4n) is 4.78. The van der Waals surface area contributed by atoms with E-state index in [9.17, 15) is 4.79 Å². The van der Waals surface area contributed by atoms with Crippen molar-refractivity contribution in [3.8, 4) is 0 Å². The Morgan fingerprint density at radius 3 is 2.65 bits per heavy atom. The minimum atomic E-state index is -0.322. The van der Waals surface area contributed by atoms with E-state index in [2.05, 4.69) is 31.0 Å². The molecule has 5 unspecified atom stereocenters. The average molecular weight is 278 g/mol. The van der Waals surface area contributed by atoms with Crippen molar-refractivity contribution in [1.29, 1.82) is 0 Å². The molecule has 3 nitrogen and oxygen atoms in total. The molecule has 2 saturated carbocycles. The van der Waals surface area contributed by atoms with Crippen molar-refractivity contribution in [1.82, 2.24) is 10.2 Å². The molecule has 1 heterocycles. The monoisotopic (exact) mass is 278 g/mol. The summed E-state index contributed by atoms with van der Waals surface area (Å²) in [5, 5.41) is 3.61. The van der Waals surface area contributed by atoms with Crippen LogP contribution in [0.5, 0.6) is 0 Å². The summed E-state index contributed by atoms with van der Waals surface area (Å²) < 4.78 is 0. The van der Waals surface area contributed by atoms with Crippen molar-refractivity contribution >= 4 is 5.91 Å². The molecule has 2 aliphatic carbocycles. The third-order valence-electron chi connectivity index (χ3n) is 6.18. The molecule has 0 aromatic rings. The summed E-state index contributed by atoms with van der Waals surface area (Å²) in [6.07, 6.45) is 9.04. The van der Waals surface area contributed by atoms with Gasteiger partial charge in [-0.2, -0.15) is 0 Å². The van der Waals surface area contributed by atoms with Gasteiger partial charge in [-0.1, -0.05) is 26.7 Å². The van der Waals surface area contributed by atoms with Crippen LogP contribution in [0, 0.1) is 17.8 Å². The van der Waals surface area contributed by atoms with E-state index in [1.54, 1.807) is 0 Å². The highest BCUT2D eigenvalue weighted by Gasteiger charge is 2.48. The zero-order valence-electron chi connectivity index (χ0n) is 13.3. The molecular weight excluding hydrogens is 248 g/mol. The molecule has 5 atom stereocenters. The molecule has 0 aromatic heterocycles. The predicted octanol–water partition coefficient (Wildman–Crippen LogP) is 3.15. The number of fused-ring (bicyclic) bond motifs is 2. The number of nitrogens with one attached hydrogen (secondary N) is 1. The second kappa shape index (κ2) is 5.32. The van der Waals surface area contributed by atoms with Crippen LogP contribution in [-0.4, -0.2) is 29.1 Å². The Morgan fingerprint density at radius 1 is 1.30 bits per heavy atom. The van der Waals surface area contributed by atoms with E-state index < -0.39 is 0 Å². The van der Waals surface area contributed by atoms with E-state index in [4.69, 9.17) is 0 Å². The number of hydrogen-bond donors (Lipinski definition) is 1. The number of nitrogens with zero attached hydrogens (tertiary/aromatic N) is 1. The van der Waals surface area contributed by atoms with Gasteiger partial charge in [-0.15, -0.1) is 0 Å². The minimum absolute atomic E-state index is 0.275. The topological polar surface area (TPSA) is 32.3 Å². The first kappa shape index (κ1) is 14.4. The SMILES string of the molecule is CCCC1NC(C)(CC)C(=O)N1CC1CC2CCC1C2. The Bertz CT molecular complexity index is 383. The standard InChI is InChI=1S/C17H30N2O/c1-4-6-15-18-17(3,5-2)16(20)19(15)11-14-10-12-7-8-13(14)9-12/h12-15,18H,4-11H2,1-3H3. The first-order chi connectivity index (χ1) is 9.57. The van der Waals surface area contributed by atoms with E-state index in [0.29, 0.717) is 5.91 Å². The lowest BCUT2D eigenvalue weighted by molar-refractivity contribution is -0.133. The Labute approximate surface area is 123 Å². The Kier molecular flexibility index (Phi) is 3.83. The van der Waals surface area contributed by atoms with Crippen molar-refractivity contribution in [3.63, 3.8) is 0 Å². The summed E-state index contributed by atoms with van der Waals surface area (Å²) >= 11 is 0. The first-order valence-electron chi connectivity index (χ1n) is 8.66. The molecule has 1 saturated heterocycles. The lowest BCUT2D eigenvalue weighted by atomic mass is 9.88. The number of carbonyl (C=O) groups is 1. The van der Waals surface area contributed by atoms with Crippen LogP contribution in [0.1, 0.15) is 65.7 Å². The molecular formula is C17H30N2O. The van der Waals surface area contributed by atoms with Gasteiger partial charge in [0.2, 0.25) is 5.91 Å². The number of hydrogen-bond acceptors (Lipinski definition) is 2. The highest BCUT2D eigenvalue weighted by Crippen LogP contribution is 2.49. The average Bonchev–Trinajstić information content (AvgIpc) is 3.10. The molecule has 114 valence electrons. The third-order valence-corrected chi connectivity index (χ3v) is 6.18. The lowest BCUT2D eigenvalue weighted by Gasteiger charge is -2.31. The van der Waals surface area contributed by atoms with Gasteiger partial charge >= 0.3 is 0 Å². The highest BCUT2D eigenvalue weighted by molar-refractivity contribution is 5.88. The maximum atomic E-state index is 12.8. The van der Waals surface area contributed by atoms with Crippen molar-refractivity contribution in [3.05, 3.63) is 0 Å². The number of rotatable bonds is 5. The highest BCUT2D eigenvalue weighted by atomic mass is 16.2. The number of amides is 1. The van der Waals surface area contributed by atoms with Gasteiger partial charge in [0.05, 0.1) is 11.7 Å². The van der Waals surface area contributed by atoms with Gasteiger partial charge < -0.3 is 4.90 Å². The summed E-state index contributed by atoms with van der Waals surface area (Å²) in [4.78, 5) is 15.0. The fourth-order valence-corrected chi connectivity index (χ4v) is 4.78. The zero-order valence-corrected chi connectivity index (χ0v) is 13.3. The van der Waals surface area contributed by atoms with Crippen LogP contribution >= 0.6 is 0 Å². The maximum Gasteiger partial charge on any atom is 0.243 e. The van der Waals surface area contributed by atoms with Crippen LogP contribution in [0.2, 0.25) is 0 Å². The van der Waals surface area contributed by atoms with Crippen LogP contribution in [0.4, 0.5) is 0 Å². The van der Waals surface area contributed by atoms with Gasteiger partial charge in [0.15, 0.2) is 0 Å². The molecule has 0 spiro atoms. The van der Waals surface area contributed by atoms with Crippen LogP contribution in [0.3, 0.4) is 0 Å². The van der Waals surface area contributed by atoms with Crippen molar-refractivity contribution in [2.75, 3.05) is 6.54 Å². The van der Waals surface area contributed by atoms with Crippen LogP contribution in [0.15, 0.2) is 0 Å². The van der Waals surface area contributed by atoms with Gasteiger partial charge in [-0.3, -0.25) is 10.1 Å². The molecule has 0 aromatic carbocycles. The molecule has 3 rings (SSSR count). The summed E-state index contributed by atoms with van der Waals surface area (Å²) in [6.45, 7) is 7.42. The molecule has 3 aliphatic rings. The number of carbonyl (C=O) groups excluding carboxylic acids is 1. The smallest absolute Gasteiger partial charge is 0.243 e. The quantitative estimate of drug-likeness (QED) is 0.838. The van der Waals surface area contributed by atoms with Crippen molar-refractivity contribution in [2.45, 2.75) is 77.4 Å². The zero-order chi connectivity index (χ0) is 14.3. The molecule has 2 bridgehead atoms. The predicted molar refractivity (Wildman–Crippen MR) is 81.2 cm³/mol.